The van der Waals surface area contributed by atoms with Gasteiger partial charge in [0.05, 0.1) is 18.7 Å². The van der Waals surface area contributed by atoms with Gasteiger partial charge in [-0.3, -0.25) is 4.68 Å². The molecule has 2 atom stereocenters. The molecular formula is C14H14LiN5O2. The SMILES string of the molecule is O=C([O-])c1cnn(Cc2cnc(N3CC4CC4C3)nc2)c1.[Li+]. The zero-order chi connectivity index (χ0) is 14.4. The van der Waals surface area contributed by atoms with E-state index in [4.69, 9.17) is 0 Å². The molecule has 4 rings (SSSR count). The fourth-order valence-electron chi connectivity index (χ4n) is 2.90. The number of carboxylic acids is 1. The van der Waals surface area contributed by atoms with Gasteiger partial charge in [0.25, 0.3) is 0 Å². The molecule has 2 unspecified atom stereocenters. The van der Waals surface area contributed by atoms with Crippen LogP contribution in [0.2, 0.25) is 0 Å². The van der Waals surface area contributed by atoms with Crippen LogP contribution in [0.4, 0.5) is 5.95 Å². The first-order valence-corrected chi connectivity index (χ1v) is 6.99. The number of carbonyl (C=O) groups excluding carboxylic acids is 1. The molecule has 2 aromatic rings. The minimum atomic E-state index is -1.22. The van der Waals surface area contributed by atoms with Gasteiger partial charge < -0.3 is 14.8 Å². The average Bonchev–Trinajstić information content (AvgIpc) is 2.90. The predicted molar refractivity (Wildman–Crippen MR) is 71.5 cm³/mol. The number of anilines is 1. The first-order valence-electron chi connectivity index (χ1n) is 6.99. The van der Waals surface area contributed by atoms with E-state index in [1.807, 2.05) is 0 Å². The van der Waals surface area contributed by atoms with E-state index in [2.05, 4.69) is 20.0 Å². The van der Waals surface area contributed by atoms with Crippen molar-refractivity contribution < 1.29 is 28.8 Å². The minimum Gasteiger partial charge on any atom is -0.545 e. The Labute approximate surface area is 139 Å². The fraction of sp³-hybridized carbons (Fsp3) is 0.429. The van der Waals surface area contributed by atoms with E-state index < -0.39 is 5.97 Å². The monoisotopic (exact) mass is 291 g/mol. The number of fused-ring (bicyclic) bond motifs is 1. The molecule has 7 nitrogen and oxygen atoms in total. The number of hydrogen-bond acceptors (Lipinski definition) is 6. The third-order valence-corrected chi connectivity index (χ3v) is 4.17. The fourth-order valence-corrected chi connectivity index (χ4v) is 2.90. The molecule has 2 aromatic heterocycles. The Bertz CT molecular complexity index is 677. The van der Waals surface area contributed by atoms with Gasteiger partial charge in [-0.15, -0.1) is 0 Å². The zero-order valence-corrected chi connectivity index (χ0v) is 12.3. The van der Waals surface area contributed by atoms with Gasteiger partial charge in [-0.25, -0.2) is 9.97 Å². The van der Waals surface area contributed by atoms with Crippen molar-refractivity contribution in [1.82, 2.24) is 19.7 Å². The second-order valence-corrected chi connectivity index (χ2v) is 5.77. The molecular weight excluding hydrogens is 277 g/mol. The maximum absolute atomic E-state index is 10.7. The van der Waals surface area contributed by atoms with Crippen molar-refractivity contribution in [2.75, 3.05) is 18.0 Å². The van der Waals surface area contributed by atoms with E-state index in [-0.39, 0.29) is 24.4 Å². The normalized spacial score (nSPS) is 22.1. The van der Waals surface area contributed by atoms with Gasteiger partial charge in [0, 0.05) is 42.8 Å². The standard InChI is InChI=1S/C14H15N5O2.Li/c20-13(21)12-4-17-19(8-12)5-9-2-15-14(16-3-9)18-6-10-1-11(10)7-18;/h2-4,8,10-11H,1,5-7H2,(H,20,21);/q;+1/p-1. The second-order valence-electron chi connectivity index (χ2n) is 5.77. The number of carboxylic acid groups (broad SMARTS) is 1. The van der Waals surface area contributed by atoms with Crippen LogP contribution < -0.4 is 28.9 Å². The molecule has 2 fully saturated rings. The van der Waals surface area contributed by atoms with Gasteiger partial charge in [0.15, 0.2) is 0 Å². The summed E-state index contributed by atoms with van der Waals surface area (Å²) in [6.07, 6.45) is 7.62. The zero-order valence-electron chi connectivity index (χ0n) is 12.3. The van der Waals surface area contributed by atoms with Crippen LogP contribution in [-0.2, 0) is 6.54 Å². The average molecular weight is 291 g/mol. The van der Waals surface area contributed by atoms with Crippen molar-refractivity contribution in [3.63, 3.8) is 0 Å². The van der Waals surface area contributed by atoms with Crippen molar-refractivity contribution in [2.24, 2.45) is 11.8 Å². The van der Waals surface area contributed by atoms with Crippen LogP contribution in [0.15, 0.2) is 24.8 Å². The molecule has 22 heavy (non-hydrogen) atoms. The molecule has 108 valence electrons. The van der Waals surface area contributed by atoms with Gasteiger partial charge in [-0.05, 0) is 18.3 Å². The Morgan fingerprint density at radius 2 is 1.91 bits per heavy atom. The van der Waals surface area contributed by atoms with Crippen molar-refractivity contribution in [1.29, 1.82) is 0 Å². The Balaban J connectivity index is 0.00000144. The van der Waals surface area contributed by atoms with Crippen molar-refractivity contribution in [3.8, 4) is 0 Å². The van der Waals surface area contributed by atoms with E-state index >= 15 is 0 Å². The summed E-state index contributed by atoms with van der Waals surface area (Å²) in [6.45, 7) is 2.58. The summed E-state index contributed by atoms with van der Waals surface area (Å²) in [7, 11) is 0. The molecule has 1 saturated carbocycles. The van der Waals surface area contributed by atoms with Gasteiger partial charge >= 0.3 is 18.9 Å². The predicted octanol–water partition coefficient (Wildman–Crippen LogP) is -3.45. The van der Waals surface area contributed by atoms with E-state index in [0.717, 1.165) is 36.4 Å². The summed E-state index contributed by atoms with van der Waals surface area (Å²) in [5.41, 5.74) is 0.958. The molecule has 1 aliphatic heterocycles. The third-order valence-electron chi connectivity index (χ3n) is 4.17. The molecule has 2 aliphatic rings. The number of piperidine rings is 1. The van der Waals surface area contributed by atoms with Crippen LogP contribution in [0.5, 0.6) is 0 Å². The molecule has 1 aliphatic carbocycles. The molecule has 3 heterocycles. The van der Waals surface area contributed by atoms with Crippen molar-refractivity contribution >= 4 is 11.9 Å². The summed E-state index contributed by atoms with van der Waals surface area (Å²) in [5, 5.41) is 14.7. The Hall–Kier alpha value is -1.84. The van der Waals surface area contributed by atoms with Gasteiger partial charge in [0.1, 0.15) is 0 Å². The van der Waals surface area contributed by atoms with Crippen LogP contribution in [0.1, 0.15) is 22.3 Å². The minimum absolute atomic E-state index is 0. The molecule has 0 aromatic carbocycles. The number of carbonyl (C=O) groups is 1. The maximum atomic E-state index is 10.7. The first-order chi connectivity index (χ1) is 10.2. The first kappa shape index (κ1) is 15.1. The number of aromatic nitrogens is 4. The molecule has 0 spiro atoms. The molecule has 0 N–H and O–H groups in total. The van der Waals surface area contributed by atoms with E-state index in [9.17, 15) is 9.90 Å². The summed E-state index contributed by atoms with van der Waals surface area (Å²) >= 11 is 0. The van der Waals surface area contributed by atoms with E-state index in [1.165, 1.54) is 23.5 Å². The van der Waals surface area contributed by atoms with Crippen LogP contribution in [0.3, 0.4) is 0 Å². The van der Waals surface area contributed by atoms with Gasteiger partial charge in [0.2, 0.25) is 5.95 Å². The largest absolute Gasteiger partial charge is 1.00 e. The van der Waals surface area contributed by atoms with E-state index in [1.54, 1.807) is 12.4 Å². The Morgan fingerprint density at radius 3 is 2.50 bits per heavy atom. The number of aromatic carboxylic acids is 1. The molecule has 0 bridgehead atoms. The van der Waals surface area contributed by atoms with Gasteiger partial charge in [-0.2, -0.15) is 5.10 Å². The van der Waals surface area contributed by atoms with Crippen LogP contribution in [0, 0.1) is 11.8 Å². The summed E-state index contributed by atoms with van der Waals surface area (Å²) < 4.78 is 1.54. The maximum Gasteiger partial charge on any atom is 1.00 e. The van der Waals surface area contributed by atoms with Gasteiger partial charge in [-0.1, -0.05) is 0 Å². The Kier molecular flexibility index (Phi) is 3.93. The van der Waals surface area contributed by atoms with Crippen LogP contribution in [-0.4, -0.2) is 38.8 Å². The molecule has 0 radical (unpaired) electrons. The number of nitrogens with zero attached hydrogens (tertiary/aromatic N) is 5. The number of hydrogen-bond donors (Lipinski definition) is 0. The van der Waals surface area contributed by atoms with Crippen molar-refractivity contribution in [2.45, 2.75) is 13.0 Å². The summed E-state index contributed by atoms with van der Waals surface area (Å²) in [4.78, 5) is 21.7. The molecule has 0 amide bonds. The van der Waals surface area contributed by atoms with Crippen molar-refractivity contribution in [3.05, 3.63) is 35.9 Å². The molecule has 1 saturated heterocycles. The summed E-state index contributed by atoms with van der Waals surface area (Å²) in [6, 6.07) is 0. The topological polar surface area (TPSA) is 87.0 Å². The summed E-state index contributed by atoms with van der Waals surface area (Å²) in [5.74, 6) is 1.25. The van der Waals surface area contributed by atoms with Crippen LogP contribution in [0.25, 0.3) is 0 Å². The van der Waals surface area contributed by atoms with E-state index in [0.29, 0.717) is 6.54 Å². The smallest absolute Gasteiger partial charge is 0.545 e. The van der Waals surface area contributed by atoms with Crippen LogP contribution >= 0.6 is 0 Å². The Morgan fingerprint density at radius 1 is 1.23 bits per heavy atom. The number of rotatable bonds is 4. The quantitative estimate of drug-likeness (QED) is 0.544. The molecule has 8 heteroatoms. The third kappa shape index (κ3) is 2.87. The second kappa shape index (κ2) is 5.74.